The summed E-state index contributed by atoms with van der Waals surface area (Å²) in [5.74, 6) is 0. The minimum absolute atomic E-state index is 0.520. The Kier molecular flexibility index (Phi) is 4.79. The van der Waals surface area contributed by atoms with Gasteiger partial charge in [-0.3, -0.25) is 4.90 Å². The molecule has 0 spiro atoms. The molecule has 2 nitrogen and oxygen atoms in total. The minimum Gasteiger partial charge on any atom is -0.313 e. The number of hydrogen-bond donors (Lipinski definition) is 1. The van der Waals surface area contributed by atoms with Gasteiger partial charge in [-0.15, -0.1) is 0 Å². The molecule has 2 heteroatoms. The third-order valence-corrected chi connectivity index (χ3v) is 3.69. The van der Waals surface area contributed by atoms with Gasteiger partial charge in [-0.05, 0) is 24.9 Å². The molecule has 0 bridgehead atoms. The summed E-state index contributed by atoms with van der Waals surface area (Å²) in [7, 11) is 0. The van der Waals surface area contributed by atoms with Crippen molar-refractivity contribution in [2.24, 2.45) is 0 Å². The molecule has 0 radical (unpaired) electrons. The first kappa shape index (κ1) is 13.6. The van der Waals surface area contributed by atoms with Crippen molar-refractivity contribution >= 4 is 0 Å². The smallest absolute Gasteiger partial charge is 0.0475 e. The number of nitrogens with zero attached hydrogens (tertiary/aromatic N) is 1. The van der Waals surface area contributed by atoms with Crippen LogP contribution in [0.2, 0.25) is 0 Å². The third kappa shape index (κ3) is 3.56. The van der Waals surface area contributed by atoms with Crippen molar-refractivity contribution in [2.75, 3.05) is 13.1 Å². The van der Waals surface area contributed by atoms with Crippen molar-refractivity contribution < 1.29 is 0 Å². The Balaban J connectivity index is 2.11. The van der Waals surface area contributed by atoms with Crippen LogP contribution in [0.5, 0.6) is 0 Å². The molecule has 2 rings (SSSR count). The Bertz CT molecular complexity index is 343. The van der Waals surface area contributed by atoms with Gasteiger partial charge in [0.25, 0.3) is 0 Å². The molecular formula is C16H26N2. The molecule has 18 heavy (non-hydrogen) atoms. The Morgan fingerprint density at radius 3 is 2.39 bits per heavy atom. The number of benzene rings is 1. The fraction of sp³-hybridized carbons (Fsp3) is 0.625. The molecule has 1 aliphatic rings. The van der Waals surface area contributed by atoms with Crippen molar-refractivity contribution in [3.63, 3.8) is 0 Å². The third-order valence-electron chi connectivity index (χ3n) is 3.69. The topological polar surface area (TPSA) is 15.3 Å². The Morgan fingerprint density at radius 2 is 1.89 bits per heavy atom. The zero-order valence-electron chi connectivity index (χ0n) is 11.9. The maximum Gasteiger partial charge on any atom is 0.0475 e. The van der Waals surface area contributed by atoms with Gasteiger partial charge >= 0.3 is 0 Å². The van der Waals surface area contributed by atoms with E-state index in [1.54, 1.807) is 0 Å². The standard InChI is InChI=1S/C16H26N2/c1-4-18(15-10-11-15)16(12-17-13(2)3)14-8-6-5-7-9-14/h5-9,13,15-17H,4,10-12H2,1-3H3. The van der Waals surface area contributed by atoms with E-state index in [1.807, 2.05) is 0 Å². The Labute approximate surface area is 111 Å². The van der Waals surface area contributed by atoms with Crippen LogP contribution in [0, 0.1) is 0 Å². The van der Waals surface area contributed by atoms with E-state index in [2.05, 4.69) is 61.3 Å². The van der Waals surface area contributed by atoms with Crippen LogP contribution in [-0.4, -0.2) is 30.1 Å². The van der Waals surface area contributed by atoms with E-state index in [9.17, 15) is 0 Å². The minimum atomic E-state index is 0.520. The summed E-state index contributed by atoms with van der Waals surface area (Å²) in [5.41, 5.74) is 1.44. The van der Waals surface area contributed by atoms with Crippen molar-refractivity contribution in [3.05, 3.63) is 35.9 Å². The lowest BCUT2D eigenvalue weighted by atomic mass is 10.0. The highest BCUT2D eigenvalue weighted by Crippen LogP contribution is 2.33. The highest BCUT2D eigenvalue weighted by atomic mass is 15.2. The highest BCUT2D eigenvalue weighted by Gasteiger charge is 2.33. The number of nitrogens with one attached hydrogen (secondary N) is 1. The molecule has 0 aromatic heterocycles. The van der Waals surface area contributed by atoms with E-state index in [1.165, 1.54) is 18.4 Å². The largest absolute Gasteiger partial charge is 0.313 e. The van der Waals surface area contributed by atoms with Crippen molar-refractivity contribution in [1.82, 2.24) is 10.2 Å². The van der Waals surface area contributed by atoms with Crippen molar-refractivity contribution in [2.45, 2.75) is 51.7 Å². The van der Waals surface area contributed by atoms with Crippen LogP contribution < -0.4 is 5.32 Å². The van der Waals surface area contributed by atoms with Gasteiger partial charge in [0.2, 0.25) is 0 Å². The van der Waals surface area contributed by atoms with Gasteiger partial charge in [-0.25, -0.2) is 0 Å². The van der Waals surface area contributed by atoms with Gasteiger partial charge in [0, 0.05) is 24.7 Å². The molecule has 1 aliphatic carbocycles. The molecule has 0 amide bonds. The molecule has 0 aliphatic heterocycles. The second-order valence-electron chi connectivity index (χ2n) is 5.55. The van der Waals surface area contributed by atoms with Gasteiger partial charge in [0.1, 0.15) is 0 Å². The predicted octanol–water partition coefficient (Wildman–Crippen LogP) is 3.21. The van der Waals surface area contributed by atoms with Gasteiger partial charge in [-0.1, -0.05) is 51.1 Å². The average Bonchev–Trinajstić information content (AvgIpc) is 3.19. The van der Waals surface area contributed by atoms with Gasteiger partial charge in [0.05, 0.1) is 0 Å². The molecule has 1 fully saturated rings. The van der Waals surface area contributed by atoms with E-state index in [0.717, 1.165) is 19.1 Å². The van der Waals surface area contributed by atoms with Crippen LogP contribution in [0.3, 0.4) is 0 Å². The zero-order chi connectivity index (χ0) is 13.0. The van der Waals surface area contributed by atoms with Gasteiger partial charge in [0.15, 0.2) is 0 Å². The summed E-state index contributed by atoms with van der Waals surface area (Å²) in [6, 6.07) is 12.8. The quantitative estimate of drug-likeness (QED) is 0.794. The number of likely N-dealkylation sites (N-methyl/N-ethyl adjacent to an activating group) is 1. The molecule has 1 atom stereocenters. The van der Waals surface area contributed by atoms with Crippen LogP contribution in [-0.2, 0) is 0 Å². The molecule has 1 N–H and O–H groups in total. The maximum absolute atomic E-state index is 3.60. The van der Waals surface area contributed by atoms with Gasteiger partial charge in [-0.2, -0.15) is 0 Å². The number of hydrogen-bond acceptors (Lipinski definition) is 2. The van der Waals surface area contributed by atoms with Crippen LogP contribution in [0.25, 0.3) is 0 Å². The number of rotatable bonds is 7. The van der Waals surface area contributed by atoms with Crippen LogP contribution in [0.1, 0.15) is 45.2 Å². The van der Waals surface area contributed by atoms with E-state index in [-0.39, 0.29) is 0 Å². The molecular weight excluding hydrogens is 220 g/mol. The van der Waals surface area contributed by atoms with Crippen LogP contribution in [0.4, 0.5) is 0 Å². The van der Waals surface area contributed by atoms with Crippen LogP contribution >= 0.6 is 0 Å². The monoisotopic (exact) mass is 246 g/mol. The molecule has 1 unspecified atom stereocenters. The predicted molar refractivity (Wildman–Crippen MR) is 77.7 cm³/mol. The summed E-state index contributed by atoms with van der Waals surface area (Å²) in [4.78, 5) is 2.66. The lowest BCUT2D eigenvalue weighted by Gasteiger charge is -2.32. The molecule has 1 aromatic rings. The highest BCUT2D eigenvalue weighted by molar-refractivity contribution is 5.20. The first-order valence-electron chi connectivity index (χ1n) is 7.26. The molecule has 1 saturated carbocycles. The summed E-state index contributed by atoms with van der Waals surface area (Å²) in [6.07, 6.45) is 2.75. The second-order valence-corrected chi connectivity index (χ2v) is 5.55. The second kappa shape index (κ2) is 6.35. The van der Waals surface area contributed by atoms with E-state index in [4.69, 9.17) is 0 Å². The van der Waals surface area contributed by atoms with Crippen molar-refractivity contribution in [1.29, 1.82) is 0 Å². The Morgan fingerprint density at radius 1 is 1.22 bits per heavy atom. The van der Waals surface area contributed by atoms with Crippen molar-refractivity contribution in [3.8, 4) is 0 Å². The van der Waals surface area contributed by atoms with E-state index in [0.29, 0.717) is 12.1 Å². The molecule has 100 valence electrons. The van der Waals surface area contributed by atoms with Crippen LogP contribution in [0.15, 0.2) is 30.3 Å². The molecule has 0 heterocycles. The first-order valence-corrected chi connectivity index (χ1v) is 7.26. The summed E-state index contributed by atoms with van der Waals surface area (Å²) in [6.45, 7) is 8.91. The van der Waals surface area contributed by atoms with Gasteiger partial charge < -0.3 is 5.32 Å². The summed E-state index contributed by atoms with van der Waals surface area (Å²) in [5, 5.41) is 3.60. The van der Waals surface area contributed by atoms with E-state index >= 15 is 0 Å². The first-order chi connectivity index (χ1) is 8.72. The lowest BCUT2D eigenvalue weighted by Crippen LogP contribution is -2.39. The lowest BCUT2D eigenvalue weighted by molar-refractivity contribution is 0.190. The fourth-order valence-electron chi connectivity index (χ4n) is 2.59. The maximum atomic E-state index is 3.60. The normalized spacial score (nSPS) is 17.4. The fourth-order valence-corrected chi connectivity index (χ4v) is 2.59. The molecule has 0 saturated heterocycles. The average molecular weight is 246 g/mol. The Hall–Kier alpha value is -0.860. The zero-order valence-corrected chi connectivity index (χ0v) is 11.9. The molecule has 1 aromatic carbocycles. The summed E-state index contributed by atoms with van der Waals surface area (Å²) >= 11 is 0. The van der Waals surface area contributed by atoms with E-state index < -0.39 is 0 Å². The summed E-state index contributed by atoms with van der Waals surface area (Å²) < 4.78 is 0. The SMILES string of the molecule is CCN(C1CC1)C(CNC(C)C)c1ccccc1.